The van der Waals surface area contributed by atoms with E-state index >= 15 is 0 Å². The van der Waals surface area contributed by atoms with Crippen LogP contribution >= 0.6 is 0 Å². The van der Waals surface area contributed by atoms with E-state index in [1.54, 1.807) is 6.92 Å². The Bertz CT molecular complexity index is 1030. The molecule has 0 aromatic carbocycles. The molecule has 206 valence electrons. The lowest BCUT2D eigenvalue weighted by Gasteiger charge is -2.34. The molecule has 1 rings (SSSR count). The highest BCUT2D eigenvalue weighted by Gasteiger charge is 2.49. The van der Waals surface area contributed by atoms with Gasteiger partial charge in [0.1, 0.15) is 13.7 Å². The number of carbonyl (C=O) groups is 6. The topological polar surface area (TPSA) is 180 Å². The third kappa shape index (κ3) is 9.16. The summed E-state index contributed by atoms with van der Waals surface area (Å²) in [6.45, 7) is 7.73. The van der Waals surface area contributed by atoms with E-state index in [0.717, 1.165) is 39.3 Å². The predicted molar refractivity (Wildman–Crippen MR) is 118 cm³/mol. The Balaban J connectivity index is 3.88. The molecule has 0 aliphatic carbocycles. The molecule has 0 radical (unpaired) electrons. The molecular weight excluding hydrogens is 498 g/mol. The maximum absolute atomic E-state index is 12.8. The molecule has 0 aliphatic rings. The summed E-state index contributed by atoms with van der Waals surface area (Å²) in [5.74, 6) is -4.29. The Labute approximate surface area is 212 Å². The summed E-state index contributed by atoms with van der Waals surface area (Å²) < 4.78 is 33.6. The predicted octanol–water partition coefficient (Wildman–Crippen LogP) is -0.0170. The molecule has 0 amide bonds. The largest absolute Gasteiger partial charge is 0.462 e. The van der Waals surface area contributed by atoms with Crippen LogP contribution in [0.3, 0.4) is 0 Å². The number of hydrogen-bond acceptors (Lipinski definition) is 13. The minimum absolute atomic E-state index is 0.00586. The second-order valence-corrected chi connectivity index (χ2v) is 7.68. The minimum atomic E-state index is -1.74. The fourth-order valence-electron chi connectivity index (χ4n) is 3.26. The van der Waals surface area contributed by atoms with Gasteiger partial charge in [-0.2, -0.15) is 0 Å². The van der Waals surface area contributed by atoms with Crippen molar-refractivity contribution in [3.63, 3.8) is 0 Å². The molecule has 4 atom stereocenters. The first-order chi connectivity index (χ1) is 17.2. The fourth-order valence-corrected chi connectivity index (χ4v) is 3.26. The highest BCUT2D eigenvalue weighted by atomic mass is 16.6. The number of hydrogen-bond donors (Lipinski definition) is 0. The molecule has 0 N–H and O–H groups in total. The summed E-state index contributed by atoms with van der Waals surface area (Å²) in [6.07, 6.45) is -7.54. The van der Waals surface area contributed by atoms with E-state index in [2.05, 4.69) is 4.98 Å². The third-order valence-corrected chi connectivity index (χ3v) is 4.61. The van der Waals surface area contributed by atoms with Crippen LogP contribution in [0, 0.1) is 6.92 Å². The average molecular weight is 531 g/mol. The molecule has 0 spiro atoms. The van der Waals surface area contributed by atoms with E-state index in [0.29, 0.717) is 0 Å². The van der Waals surface area contributed by atoms with Gasteiger partial charge in [0.2, 0.25) is 6.10 Å². The van der Waals surface area contributed by atoms with E-state index in [4.69, 9.17) is 28.4 Å². The molecule has 1 heterocycles. The van der Waals surface area contributed by atoms with Gasteiger partial charge in [0.25, 0.3) is 0 Å². The highest BCUT2D eigenvalue weighted by Crippen LogP contribution is 2.29. The highest BCUT2D eigenvalue weighted by molar-refractivity contribution is 5.71. The lowest BCUT2D eigenvalue weighted by Crippen LogP contribution is -2.52. The maximum atomic E-state index is 12.8. The molecule has 0 bridgehead atoms. The number of ether oxygens (including phenoxy) is 6. The van der Waals surface area contributed by atoms with Crippen molar-refractivity contribution in [3.8, 4) is 0 Å². The molecule has 15 heteroatoms. The van der Waals surface area contributed by atoms with Crippen molar-refractivity contribution >= 4 is 35.9 Å². The van der Waals surface area contributed by atoms with Crippen LogP contribution in [0.15, 0.2) is 0 Å². The van der Waals surface area contributed by atoms with Crippen LogP contribution in [0.1, 0.15) is 59.3 Å². The van der Waals surface area contributed by atoms with Crippen LogP contribution < -0.4 is 4.68 Å². The monoisotopic (exact) mass is 530 g/mol. The summed E-state index contributed by atoms with van der Waals surface area (Å²) in [6, 6.07) is 0. The zero-order chi connectivity index (χ0) is 28.4. The molecule has 0 aliphatic heterocycles. The molecule has 1 aromatic rings. The molecule has 15 nitrogen and oxygen atoms in total. The van der Waals surface area contributed by atoms with Gasteiger partial charge in [0, 0.05) is 41.5 Å². The summed E-state index contributed by atoms with van der Waals surface area (Å²) in [7, 11) is 1.47. The quantitative estimate of drug-likeness (QED) is 0.212. The van der Waals surface area contributed by atoms with Crippen molar-refractivity contribution in [3.05, 3.63) is 11.6 Å². The Hall–Kier alpha value is -4.04. The number of aryl methyl sites for hydroxylation is 1. The lowest BCUT2D eigenvalue weighted by molar-refractivity contribution is -0.750. The van der Waals surface area contributed by atoms with Crippen LogP contribution in [0.25, 0.3) is 0 Å². The van der Waals surface area contributed by atoms with Crippen LogP contribution in [-0.4, -0.2) is 77.1 Å². The van der Waals surface area contributed by atoms with Crippen molar-refractivity contribution in [2.45, 2.75) is 72.9 Å². The normalized spacial score (nSPS) is 13.8. The first kappa shape index (κ1) is 31.0. The van der Waals surface area contributed by atoms with Gasteiger partial charge in [-0.1, -0.05) is 4.68 Å². The molecular formula is C22H32N3O12+. The number of rotatable bonds is 11. The van der Waals surface area contributed by atoms with Crippen LogP contribution in [-0.2, 0) is 59.4 Å². The van der Waals surface area contributed by atoms with E-state index in [1.807, 2.05) is 0 Å². The third-order valence-electron chi connectivity index (χ3n) is 4.61. The smallest absolute Gasteiger partial charge is 0.453 e. The van der Waals surface area contributed by atoms with E-state index in [1.165, 1.54) is 18.7 Å². The first-order valence-electron chi connectivity index (χ1n) is 11.1. The summed E-state index contributed by atoms with van der Waals surface area (Å²) in [4.78, 5) is 76.7. The molecule has 0 saturated heterocycles. The van der Waals surface area contributed by atoms with Crippen LogP contribution in [0.4, 0.5) is 4.79 Å². The van der Waals surface area contributed by atoms with Gasteiger partial charge in [-0.25, -0.2) is 4.79 Å². The minimum Gasteiger partial charge on any atom is -0.462 e. The Morgan fingerprint density at radius 2 is 1.30 bits per heavy atom. The van der Waals surface area contributed by atoms with Gasteiger partial charge in [-0.05, 0) is 11.9 Å². The Kier molecular flexibility index (Phi) is 11.6. The van der Waals surface area contributed by atoms with Crippen molar-refractivity contribution in [1.29, 1.82) is 0 Å². The van der Waals surface area contributed by atoms with Crippen molar-refractivity contribution < 1.29 is 61.9 Å². The molecule has 0 fully saturated rings. The van der Waals surface area contributed by atoms with Crippen molar-refractivity contribution in [2.75, 3.05) is 13.2 Å². The molecule has 0 saturated carbocycles. The maximum Gasteiger partial charge on any atom is 0.453 e. The number of aromatic nitrogens is 3. The van der Waals surface area contributed by atoms with Crippen molar-refractivity contribution in [1.82, 2.24) is 9.67 Å². The SMILES string of the molecule is CCOC(=O)n1c([C@@H](OC(C)=O)[C@H](OC(C)=O)[C@H](OC(C)=O)[C@@H](COC(C)=O)OC(C)=O)nc(C)[n+]1C. The number of esters is 5. The Morgan fingerprint density at radius 1 is 0.784 bits per heavy atom. The van der Waals surface area contributed by atoms with E-state index < -0.39 is 67.0 Å². The van der Waals surface area contributed by atoms with Crippen LogP contribution in [0.5, 0.6) is 0 Å². The van der Waals surface area contributed by atoms with Gasteiger partial charge < -0.3 is 28.4 Å². The van der Waals surface area contributed by atoms with E-state index in [-0.39, 0.29) is 18.3 Å². The Morgan fingerprint density at radius 3 is 1.76 bits per heavy atom. The average Bonchev–Trinajstić information content (AvgIpc) is 3.05. The first-order valence-corrected chi connectivity index (χ1v) is 11.1. The van der Waals surface area contributed by atoms with Gasteiger partial charge in [-0.3, -0.25) is 24.0 Å². The van der Waals surface area contributed by atoms with Gasteiger partial charge in [0.15, 0.2) is 18.3 Å². The molecule has 37 heavy (non-hydrogen) atoms. The lowest BCUT2D eigenvalue weighted by atomic mass is 10.0. The zero-order valence-electron chi connectivity index (χ0n) is 22.0. The molecule has 0 unspecified atom stereocenters. The summed E-state index contributed by atoms with van der Waals surface area (Å²) >= 11 is 0. The van der Waals surface area contributed by atoms with Crippen molar-refractivity contribution in [2.24, 2.45) is 7.05 Å². The standard InChI is InChI=1S/C22H32N3O12/c1-9-32-22(31)25-21(23-11(2)24(25)8)20(37-16(7)30)19(36-15(6)29)18(35-14(5)28)17(34-13(4)27)10-33-12(3)26/h17-20H,9-10H2,1-8H3/q+1/t17-,18-,19-,20+/m1/s1. The zero-order valence-corrected chi connectivity index (χ0v) is 22.0. The molecule has 1 aromatic heterocycles. The fraction of sp³-hybridized carbons (Fsp3) is 0.636. The summed E-state index contributed by atoms with van der Waals surface area (Å²) in [5.41, 5.74) is 0. The number of carbonyl (C=O) groups excluding carboxylic acids is 6. The van der Waals surface area contributed by atoms with Gasteiger partial charge >= 0.3 is 47.6 Å². The van der Waals surface area contributed by atoms with Gasteiger partial charge in [-0.15, -0.1) is 4.68 Å². The summed E-state index contributed by atoms with van der Waals surface area (Å²) in [5, 5.41) is 0. The number of nitrogens with zero attached hydrogens (tertiary/aromatic N) is 3. The second kappa shape index (κ2) is 13.9. The van der Waals surface area contributed by atoms with Crippen LogP contribution in [0.2, 0.25) is 0 Å². The van der Waals surface area contributed by atoms with E-state index in [9.17, 15) is 28.8 Å². The second-order valence-electron chi connectivity index (χ2n) is 7.68. The van der Waals surface area contributed by atoms with Gasteiger partial charge in [0.05, 0.1) is 6.61 Å².